The number of nitrogens with zero attached hydrogens (tertiary/aromatic N) is 2. The van der Waals surface area contributed by atoms with Crippen molar-refractivity contribution in [1.29, 1.82) is 0 Å². The predicted octanol–water partition coefficient (Wildman–Crippen LogP) is 3.43. The van der Waals surface area contributed by atoms with Gasteiger partial charge in [-0.1, -0.05) is 23.7 Å². The van der Waals surface area contributed by atoms with Crippen molar-refractivity contribution in [2.45, 2.75) is 25.7 Å². The van der Waals surface area contributed by atoms with Gasteiger partial charge in [-0.2, -0.15) is 13.2 Å². The van der Waals surface area contributed by atoms with Gasteiger partial charge in [0.25, 0.3) is 0 Å². The quantitative estimate of drug-likeness (QED) is 0.537. The van der Waals surface area contributed by atoms with E-state index in [9.17, 15) is 35.6 Å². The molecule has 13 heteroatoms. The fourth-order valence-corrected chi connectivity index (χ4v) is 4.14. The van der Waals surface area contributed by atoms with Gasteiger partial charge in [-0.3, -0.25) is 13.9 Å². The Labute approximate surface area is 199 Å². The summed E-state index contributed by atoms with van der Waals surface area (Å²) in [6, 6.07) is 6.45. The second-order valence-electron chi connectivity index (χ2n) is 7.37. The topological polar surface area (TPSA) is 86.8 Å². The molecule has 2 aromatic rings. The monoisotopic (exact) mass is 523 g/mol. The highest BCUT2D eigenvalue weighted by atomic mass is 35.5. The SMILES string of the molecule is CNC(=O)[C@H](C)N(Cc1ccc(F)cc1)C(=O)CN(c1ccc(Cl)c(C(F)(F)F)c1)S(C)(=O)=O. The fourth-order valence-electron chi connectivity index (χ4n) is 3.08. The zero-order chi connectivity index (χ0) is 25.8. The predicted molar refractivity (Wildman–Crippen MR) is 119 cm³/mol. The van der Waals surface area contributed by atoms with Crippen molar-refractivity contribution in [3.05, 3.63) is 64.4 Å². The van der Waals surface area contributed by atoms with Crippen LogP contribution in [0, 0.1) is 5.82 Å². The third kappa shape index (κ3) is 6.83. The van der Waals surface area contributed by atoms with E-state index in [1.165, 1.54) is 26.1 Å². The molecule has 0 saturated heterocycles. The van der Waals surface area contributed by atoms with E-state index < -0.39 is 62.7 Å². The molecule has 0 aliphatic rings. The van der Waals surface area contributed by atoms with Crippen LogP contribution >= 0.6 is 11.6 Å². The molecular formula is C21H22ClF4N3O4S. The zero-order valence-corrected chi connectivity index (χ0v) is 19.9. The summed E-state index contributed by atoms with van der Waals surface area (Å²) in [5.41, 5.74) is -1.25. The Morgan fingerprint density at radius 2 is 1.71 bits per heavy atom. The largest absolute Gasteiger partial charge is 0.417 e. The molecular weight excluding hydrogens is 502 g/mol. The first-order chi connectivity index (χ1) is 15.6. The summed E-state index contributed by atoms with van der Waals surface area (Å²) in [6.07, 6.45) is -4.13. The lowest BCUT2D eigenvalue weighted by Gasteiger charge is -2.31. The third-order valence-electron chi connectivity index (χ3n) is 4.90. The maximum Gasteiger partial charge on any atom is 0.417 e. The minimum atomic E-state index is -4.86. The average Bonchev–Trinajstić information content (AvgIpc) is 2.74. The van der Waals surface area contributed by atoms with Crippen LogP contribution in [0.2, 0.25) is 5.02 Å². The maximum absolute atomic E-state index is 13.3. The number of likely N-dealkylation sites (N-methyl/N-ethyl adjacent to an activating group) is 1. The van der Waals surface area contributed by atoms with Crippen molar-refractivity contribution in [2.24, 2.45) is 0 Å². The Morgan fingerprint density at radius 1 is 1.12 bits per heavy atom. The van der Waals surface area contributed by atoms with Crippen molar-refractivity contribution in [1.82, 2.24) is 10.2 Å². The number of hydrogen-bond donors (Lipinski definition) is 1. The first-order valence-electron chi connectivity index (χ1n) is 9.75. The number of anilines is 1. The summed E-state index contributed by atoms with van der Waals surface area (Å²) in [5, 5.41) is 1.74. The Morgan fingerprint density at radius 3 is 2.21 bits per heavy atom. The number of halogens is 5. The molecule has 0 bridgehead atoms. The zero-order valence-electron chi connectivity index (χ0n) is 18.4. The van der Waals surface area contributed by atoms with E-state index in [1.807, 2.05) is 0 Å². The minimum Gasteiger partial charge on any atom is -0.357 e. The van der Waals surface area contributed by atoms with E-state index in [0.29, 0.717) is 15.9 Å². The average molecular weight is 524 g/mol. The van der Waals surface area contributed by atoms with Crippen LogP contribution in [0.3, 0.4) is 0 Å². The number of alkyl halides is 3. The molecule has 7 nitrogen and oxygen atoms in total. The normalized spacial score (nSPS) is 12.7. The molecule has 0 fully saturated rings. The smallest absolute Gasteiger partial charge is 0.357 e. The van der Waals surface area contributed by atoms with E-state index in [0.717, 1.165) is 35.4 Å². The van der Waals surface area contributed by atoms with E-state index in [4.69, 9.17) is 11.6 Å². The number of sulfonamides is 1. The number of benzene rings is 2. The van der Waals surface area contributed by atoms with Gasteiger partial charge in [0.05, 0.1) is 22.5 Å². The fraction of sp³-hybridized carbons (Fsp3) is 0.333. The number of rotatable bonds is 8. The second-order valence-corrected chi connectivity index (χ2v) is 9.68. The van der Waals surface area contributed by atoms with Gasteiger partial charge in [0.15, 0.2) is 0 Å². The van der Waals surface area contributed by atoms with Crippen molar-refractivity contribution >= 4 is 39.1 Å². The number of amides is 2. The number of carbonyl (C=O) groups is 2. The summed E-state index contributed by atoms with van der Waals surface area (Å²) in [4.78, 5) is 26.4. The van der Waals surface area contributed by atoms with Crippen LogP contribution in [-0.4, -0.2) is 51.0 Å². The molecule has 0 spiro atoms. The molecule has 34 heavy (non-hydrogen) atoms. The summed E-state index contributed by atoms with van der Waals surface area (Å²) < 4.78 is 78.4. The van der Waals surface area contributed by atoms with Gasteiger partial charge in [-0.05, 0) is 42.8 Å². The molecule has 0 aromatic heterocycles. The molecule has 186 valence electrons. The highest BCUT2D eigenvalue weighted by Gasteiger charge is 2.35. The van der Waals surface area contributed by atoms with Gasteiger partial charge in [-0.15, -0.1) is 0 Å². The van der Waals surface area contributed by atoms with Crippen LogP contribution in [-0.2, 0) is 32.3 Å². The molecule has 0 aliphatic carbocycles. The van der Waals surface area contributed by atoms with Crippen LogP contribution in [0.1, 0.15) is 18.1 Å². The van der Waals surface area contributed by atoms with E-state index in [-0.39, 0.29) is 6.54 Å². The van der Waals surface area contributed by atoms with Crippen LogP contribution in [0.25, 0.3) is 0 Å². The van der Waals surface area contributed by atoms with E-state index >= 15 is 0 Å². The molecule has 0 aliphatic heterocycles. The Bertz CT molecular complexity index is 1160. The van der Waals surface area contributed by atoms with Crippen LogP contribution in [0.15, 0.2) is 42.5 Å². The Hall–Kier alpha value is -2.86. The Balaban J connectivity index is 2.46. The van der Waals surface area contributed by atoms with Crippen LogP contribution in [0.5, 0.6) is 0 Å². The molecule has 2 aromatic carbocycles. The molecule has 1 N–H and O–H groups in total. The molecule has 1 atom stereocenters. The minimum absolute atomic E-state index is 0.181. The van der Waals surface area contributed by atoms with Gasteiger partial charge in [0.1, 0.15) is 18.4 Å². The van der Waals surface area contributed by atoms with Crippen molar-refractivity contribution < 1.29 is 35.6 Å². The molecule has 0 heterocycles. The second kappa shape index (κ2) is 10.6. The lowest BCUT2D eigenvalue weighted by Crippen LogP contribution is -2.50. The number of nitrogens with one attached hydrogen (secondary N) is 1. The third-order valence-corrected chi connectivity index (χ3v) is 6.37. The Kier molecular flexibility index (Phi) is 8.54. The van der Waals surface area contributed by atoms with Crippen molar-refractivity contribution in [2.75, 3.05) is 24.2 Å². The van der Waals surface area contributed by atoms with Crippen LogP contribution < -0.4 is 9.62 Å². The lowest BCUT2D eigenvalue weighted by atomic mass is 10.1. The highest BCUT2D eigenvalue weighted by Crippen LogP contribution is 2.37. The van der Waals surface area contributed by atoms with Gasteiger partial charge in [-0.25, -0.2) is 12.8 Å². The first kappa shape index (κ1) is 27.4. The summed E-state index contributed by atoms with van der Waals surface area (Å²) in [7, 11) is -2.88. The van der Waals surface area contributed by atoms with Gasteiger partial charge < -0.3 is 10.2 Å². The molecule has 0 radical (unpaired) electrons. The standard InChI is InChI=1S/C21H22ClF4N3O4S/c1-13(20(31)27-2)28(11-14-4-6-15(23)7-5-14)19(30)12-29(34(3,32)33)16-8-9-18(22)17(10-16)21(24,25)26/h4-10,13H,11-12H2,1-3H3,(H,27,31)/t13-/m0/s1. The highest BCUT2D eigenvalue weighted by molar-refractivity contribution is 7.92. The maximum atomic E-state index is 13.3. The first-order valence-corrected chi connectivity index (χ1v) is 12.0. The lowest BCUT2D eigenvalue weighted by molar-refractivity contribution is -0.139. The molecule has 0 unspecified atom stereocenters. The molecule has 2 rings (SSSR count). The molecule has 2 amide bonds. The van der Waals surface area contributed by atoms with Gasteiger partial charge in [0.2, 0.25) is 21.8 Å². The van der Waals surface area contributed by atoms with Crippen molar-refractivity contribution in [3.63, 3.8) is 0 Å². The summed E-state index contributed by atoms with van der Waals surface area (Å²) >= 11 is 5.62. The molecule has 0 saturated carbocycles. The van der Waals surface area contributed by atoms with Crippen molar-refractivity contribution in [3.8, 4) is 0 Å². The number of carbonyl (C=O) groups excluding carboxylic acids is 2. The summed E-state index contributed by atoms with van der Waals surface area (Å²) in [6.45, 7) is 0.328. The van der Waals surface area contributed by atoms with Crippen LogP contribution in [0.4, 0.5) is 23.2 Å². The van der Waals surface area contributed by atoms with Gasteiger partial charge >= 0.3 is 6.18 Å². The van der Waals surface area contributed by atoms with E-state index in [1.54, 1.807) is 0 Å². The van der Waals surface area contributed by atoms with E-state index in [2.05, 4.69) is 5.32 Å². The number of hydrogen-bond acceptors (Lipinski definition) is 4. The summed E-state index contributed by atoms with van der Waals surface area (Å²) in [5.74, 6) is -1.95. The van der Waals surface area contributed by atoms with Gasteiger partial charge in [0, 0.05) is 13.6 Å².